The first-order valence-corrected chi connectivity index (χ1v) is 10.1. The third kappa shape index (κ3) is 4.55. The summed E-state index contributed by atoms with van der Waals surface area (Å²) in [5.41, 5.74) is 7.82. The largest absolute Gasteiger partial charge is 0.366 e. The van der Waals surface area contributed by atoms with Gasteiger partial charge in [-0.1, -0.05) is 35.5 Å². The van der Waals surface area contributed by atoms with E-state index in [9.17, 15) is 4.79 Å². The number of carbonyl (C=O) groups excluding carboxylic acids is 1. The number of nitrogens with zero attached hydrogens (tertiary/aromatic N) is 4. The number of benzene rings is 2. The molecule has 3 aromatic rings. The highest BCUT2D eigenvalue weighted by atomic mass is 35.5. The molecule has 1 unspecified atom stereocenters. The first kappa shape index (κ1) is 20.4. The molecule has 0 saturated heterocycles. The Morgan fingerprint density at radius 2 is 1.93 bits per heavy atom. The molecule has 8 heteroatoms. The summed E-state index contributed by atoms with van der Waals surface area (Å²) in [5.74, 6) is 1.06. The molecule has 0 saturated carbocycles. The van der Waals surface area contributed by atoms with Crippen LogP contribution in [0.2, 0.25) is 5.02 Å². The van der Waals surface area contributed by atoms with E-state index in [-0.39, 0.29) is 6.04 Å². The number of thioether (sulfide) groups is 1. The Balaban J connectivity index is 1.93. The maximum Gasteiger partial charge on any atom is 0.248 e. The molecule has 2 N–H and O–H groups in total. The van der Waals surface area contributed by atoms with Gasteiger partial charge in [-0.3, -0.25) is 14.3 Å². The second kappa shape index (κ2) is 8.77. The standard InChI is InChI=1S/C20H22ClN5OS/c1-13(25(2)3)19-23-24-20(26(19)17-9-7-16(21)8-10-17)28-12-14-5-4-6-15(11-14)18(22)27/h4-11,13H,12H2,1-3H3,(H2,22,27). The van der Waals surface area contributed by atoms with Gasteiger partial charge in [-0.15, -0.1) is 10.2 Å². The summed E-state index contributed by atoms with van der Waals surface area (Å²) >= 11 is 7.61. The van der Waals surface area contributed by atoms with Gasteiger partial charge < -0.3 is 5.73 Å². The number of amides is 1. The molecule has 1 heterocycles. The monoisotopic (exact) mass is 415 g/mol. The molecule has 0 spiro atoms. The van der Waals surface area contributed by atoms with Gasteiger partial charge >= 0.3 is 0 Å². The zero-order valence-corrected chi connectivity index (χ0v) is 17.5. The van der Waals surface area contributed by atoms with Gasteiger partial charge in [-0.05, 0) is 63.0 Å². The SMILES string of the molecule is CC(c1nnc(SCc2cccc(C(N)=O)c2)n1-c1ccc(Cl)cc1)N(C)C. The zero-order valence-electron chi connectivity index (χ0n) is 16.0. The van der Waals surface area contributed by atoms with Crippen LogP contribution < -0.4 is 5.73 Å². The molecule has 146 valence electrons. The van der Waals surface area contributed by atoms with Crippen LogP contribution in [0.3, 0.4) is 0 Å². The van der Waals surface area contributed by atoms with E-state index in [1.807, 2.05) is 61.1 Å². The summed E-state index contributed by atoms with van der Waals surface area (Å²) in [6.45, 7) is 2.08. The molecule has 0 aliphatic heterocycles. The number of carbonyl (C=O) groups is 1. The molecule has 6 nitrogen and oxygen atoms in total. The average molecular weight is 416 g/mol. The van der Waals surface area contributed by atoms with Crippen molar-refractivity contribution in [2.45, 2.75) is 23.9 Å². The Morgan fingerprint density at radius 3 is 2.57 bits per heavy atom. The first-order valence-electron chi connectivity index (χ1n) is 8.76. The van der Waals surface area contributed by atoms with Crippen LogP contribution >= 0.6 is 23.4 Å². The average Bonchev–Trinajstić information content (AvgIpc) is 3.10. The zero-order chi connectivity index (χ0) is 20.3. The van der Waals surface area contributed by atoms with Gasteiger partial charge in [0.25, 0.3) is 0 Å². The van der Waals surface area contributed by atoms with Crippen LogP contribution in [0.25, 0.3) is 5.69 Å². The summed E-state index contributed by atoms with van der Waals surface area (Å²) in [4.78, 5) is 13.5. The first-order chi connectivity index (χ1) is 13.4. The number of hydrogen-bond acceptors (Lipinski definition) is 5. The predicted molar refractivity (Wildman–Crippen MR) is 113 cm³/mol. The lowest BCUT2D eigenvalue weighted by atomic mass is 10.1. The van der Waals surface area contributed by atoms with Crippen molar-refractivity contribution >= 4 is 29.3 Å². The normalized spacial score (nSPS) is 12.3. The molecule has 1 atom stereocenters. The quantitative estimate of drug-likeness (QED) is 0.591. The Morgan fingerprint density at radius 1 is 1.21 bits per heavy atom. The number of nitrogens with two attached hydrogens (primary N) is 1. The number of halogens is 1. The molecular formula is C20H22ClN5OS. The molecule has 2 aromatic carbocycles. The van der Waals surface area contributed by atoms with Crippen molar-refractivity contribution in [3.05, 3.63) is 70.5 Å². The van der Waals surface area contributed by atoms with Gasteiger partial charge in [-0.25, -0.2) is 0 Å². The van der Waals surface area contributed by atoms with Crippen molar-refractivity contribution in [2.75, 3.05) is 14.1 Å². The minimum absolute atomic E-state index is 0.0794. The summed E-state index contributed by atoms with van der Waals surface area (Å²) in [5, 5.41) is 10.3. The van der Waals surface area contributed by atoms with Gasteiger partial charge in [0.1, 0.15) is 0 Å². The number of hydrogen-bond donors (Lipinski definition) is 1. The second-order valence-corrected chi connectivity index (χ2v) is 8.02. The van der Waals surface area contributed by atoms with Crippen LogP contribution in [-0.4, -0.2) is 39.7 Å². The molecule has 0 fully saturated rings. The Labute approximate surface area is 173 Å². The highest BCUT2D eigenvalue weighted by molar-refractivity contribution is 7.98. The van der Waals surface area contributed by atoms with E-state index in [0.29, 0.717) is 16.3 Å². The van der Waals surface area contributed by atoms with Gasteiger partial charge in [0, 0.05) is 22.0 Å². The van der Waals surface area contributed by atoms with E-state index in [4.69, 9.17) is 17.3 Å². The molecule has 0 bridgehead atoms. The molecule has 28 heavy (non-hydrogen) atoms. The van der Waals surface area contributed by atoms with Crippen LogP contribution in [-0.2, 0) is 5.75 Å². The fourth-order valence-corrected chi connectivity index (χ4v) is 3.70. The van der Waals surface area contributed by atoms with Crippen molar-refractivity contribution in [3.8, 4) is 5.69 Å². The molecule has 0 aliphatic carbocycles. The van der Waals surface area contributed by atoms with Crippen LogP contribution in [0.5, 0.6) is 0 Å². The maximum absolute atomic E-state index is 11.4. The highest BCUT2D eigenvalue weighted by Gasteiger charge is 2.21. The Kier molecular flexibility index (Phi) is 6.39. The van der Waals surface area contributed by atoms with Gasteiger partial charge in [0.15, 0.2) is 11.0 Å². The Hall–Kier alpha value is -2.35. The molecular weight excluding hydrogens is 394 g/mol. The number of rotatable bonds is 7. The predicted octanol–water partition coefficient (Wildman–Crippen LogP) is 3.93. The highest BCUT2D eigenvalue weighted by Crippen LogP contribution is 2.29. The third-order valence-corrected chi connectivity index (χ3v) is 5.72. The van der Waals surface area contributed by atoms with Crippen LogP contribution in [0.15, 0.2) is 53.7 Å². The third-order valence-electron chi connectivity index (χ3n) is 4.47. The molecule has 0 radical (unpaired) electrons. The summed E-state index contributed by atoms with van der Waals surface area (Å²) in [6.07, 6.45) is 0. The van der Waals surface area contributed by atoms with Crippen molar-refractivity contribution in [1.29, 1.82) is 0 Å². The lowest BCUT2D eigenvalue weighted by Gasteiger charge is -2.20. The van der Waals surface area contributed by atoms with E-state index in [2.05, 4.69) is 22.0 Å². The fourth-order valence-electron chi connectivity index (χ4n) is 2.67. The maximum atomic E-state index is 11.4. The lowest BCUT2D eigenvalue weighted by molar-refractivity contribution is 0.1000. The van der Waals surface area contributed by atoms with E-state index in [1.165, 1.54) is 0 Å². The number of aromatic nitrogens is 3. The van der Waals surface area contributed by atoms with Crippen molar-refractivity contribution in [2.24, 2.45) is 5.73 Å². The fraction of sp³-hybridized carbons (Fsp3) is 0.250. The van der Waals surface area contributed by atoms with E-state index in [0.717, 1.165) is 22.2 Å². The van der Waals surface area contributed by atoms with Crippen LogP contribution in [0.1, 0.15) is 34.7 Å². The minimum atomic E-state index is -0.432. The smallest absolute Gasteiger partial charge is 0.248 e. The van der Waals surface area contributed by atoms with E-state index >= 15 is 0 Å². The molecule has 3 rings (SSSR count). The van der Waals surface area contributed by atoms with Gasteiger partial charge in [0.2, 0.25) is 5.91 Å². The van der Waals surface area contributed by atoms with Gasteiger partial charge in [0.05, 0.1) is 6.04 Å². The summed E-state index contributed by atoms with van der Waals surface area (Å²) in [6, 6.07) is 15.0. The summed E-state index contributed by atoms with van der Waals surface area (Å²) < 4.78 is 2.05. The molecule has 1 aromatic heterocycles. The summed E-state index contributed by atoms with van der Waals surface area (Å²) in [7, 11) is 4.02. The van der Waals surface area contributed by atoms with Crippen molar-refractivity contribution < 1.29 is 4.79 Å². The minimum Gasteiger partial charge on any atom is -0.366 e. The molecule has 0 aliphatic rings. The topological polar surface area (TPSA) is 77.0 Å². The lowest BCUT2D eigenvalue weighted by Crippen LogP contribution is -2.20. The van der Waals surface area contributed by atoms with Crippen LogP contribution in [0.4, 0.5) is 0 Å². The molecule has 1 amide bonds. The van der Waals surface area contributed by atoms with E-state index in [1.54, 1.807) is 17.8 Å². The van der Waals surface area contributed by atoms with Gasteiger partial charge in [-0.2, -0.15) is 0 Å². The number of primary amides is 1. The van der Waals surface area contributed by atoms with E-state index < -0.39 is 5.91 Å². The van der Waals surface area contributed by atoms with Crippen molar-refractivity contribution in [3.63, 3.8) is 0 Å². The second-order valence-electron chi connectivity index (χ2n) is 6.65. The van der Waals surface area contributed by atoms with Crippen LogP contribution in [0, 0.1) is 0 Å². The van der Waals surface area contributed by atoms with Crippen molar-refractivity contribution in [1.82, 2.24) is 19.7 Å². The Bertz CT molecular complexity index is 971.